The Hall–Kier alpha value is -0.570. The van der Waals surface area contributed by atoms with Gasteiger partial charge in [-0.25, -0.2) is 4.39 Å². The van der Waals surface area contributed by atoms with Gasteiger partial charge in [-0.05, 0) is 53.7 Å². The fourth-order valence-corrected chi connectivity index (χ4v) is 3.31. The first kappa shape index (κ1) is 9.64. The molecule has 0 saturated heterocycles. The maximum absolute atomic E-state index is 13.2. The molecule has 1 spiro atoms. The Morgan fingerprint density at radius 2 is 2.00 bits per heavy atom. The van der Waals surface area contributed by atoms with Crippen molar-refractivity contribution in [1.82, 2.24) is 0 Å². The van der Waals surface area contributed by atoms with Crippen molar-refractivity contribution in [3.63, 3.8) is 0 Å². The Balaban J connectivity index is 2.02. The Labute approximate surface area is 96.8 Å². The molecule has 0 radical (unpaired) electrons. The van der Waals surface area contributed by atoms with E-state index >= 15 is 0 Å². The Kier molecular flexibility index (Phi) is 2.06. The van der Waals surface area contributed by atoms with Gasteiger partial charge in [-0.15, -0.1) is 0 Å². The second-order valence-electron chi connectivity index (χ2n) is 4.54. The predicted molar refractivity (Wildman–Crippen MR) is 59.6 cm³/mol. The van der Waals surface area contributed by atoms with Gasteiger partial charge in [0.1, 0.15) is 17.2 Å². The number of hydrogen-bond acceptors (Lipinski definition) is 1. The van der Waals surface area contributed by atoms with Crippen molar-refractivity contribution in [3.8, 4) is 5.75 Å². The molecule has 15 heavy (non-hydrogen) atoms. The normalized spacial score (nSPS) is 21.7. The van der Waals surface area contributed by atoms with Crippen LogP contribution in [0.25, 0.3) is 0 Å². The molecule has 1 aromatic carbocycles. The van der Waals surface area contributed by atoms with Crippen LogP contribution in [-0.4, -0.2) is 5.60 Å². The predicted octanol–water partition coefficient (Wildman–Crippen LogP) is 3.84. The van der Waals surface area contributed by atoms with Crippen LogP contribution in [0.3, 0.4) is 0 Å². The maximum atomic E-state index is 13.2. The second-order valence-corrected chi connectivity index (χ2v) is 5.40. The van der Waals surface area contributed by atoms with Gasteiger partial charge in [-0.2, -0.15) is 0 Å². The van der Waals surface area contributed by atoms with Gasteiger partial charge in [0.15, 0.2) is 0 Å². The summed E-state index contributed by atoms with van der Waals surface area (Å²) in [6.45, 7) is 0. The van der Waals surface area contributed by atoms with Crippen molar-refractivity contribution < 1.29 is 9.13 Å². The first-order valence-electron chi connectivity index (χ1n) is 5.36. The van der Waals surface area contributed by atoms with Crippen molar-refractivity contribution in [2.45, 2.75) is 37.7 Å². The van der Waals surface area contributed by atoms with E-state index in [1.165, 1.54) is 18.9 Å². The van der Waals surface area contributed by atoms with Gasteiger partial charge in [-0.1, -0.05) is 0 Å². The van der Waals surface area contributed by atoms with Crippen LogP contribution in [0.2, 0.25) is 0 Å². The van der Waals surface area contributed by atoms with E-state index in [4.69, 9.17) is 4.74 Å². The fourth-order valence-electron chi connectivity index (χ4n) is 2.76. The molecule has 1 aliphatic carbocycles. The zero-order chi connectivity index (χ0) is 10.5. The van der Waals surface area contributed by atoms with E-state index in [1.54, 1.807) is 6.07 Å². The molecule has 0 aromatic heterocycles. The van der Waals surface area contributed by atoms with E-state index in [-0.39, 0.29) is 11.4 Å². The van der Waals surface area contributed by atoms with Crippen LogP contribution >= 0.6 is 15.9 Å². The van der Waals surface area contributed by atoms with Crippen molar-refractivity contribution in [1.29, 1.82) is 0 Å². The van der Waals surface area contributed by atoms with E-state index in [0.717, 1.165) is 35.0 Å². The summed E-state index contributed by atoms with van der Waals surface area (Å²) in [5.74, 6) is 0.678. The molecule has 1 fully saturated rings. The van der Waals surface area contributed by atoms with Crippen molar-refractivity contribution in [2.24, 2.45) is 0 Å². The van der Waals surface area contributed by atoms with E-state index in [2.05, 4.69) is 15.9 Å². The lowest BCUT2D eigenvalue weighted by Crippen LogP contribution is -2.29. The molecule has 1 heterocycles. The molecule has 3 heteroatoms. The molecule has 1 saturated carbocycles. The molecule has 0 atom stereocenters. The first-order chi connectivity index (χ1) is 7.19. The Morgan fingerprint density at radius 3 is 2.73 bits per heavy atom. The highest BCUT2D eigenvalue weighted by Gasteiger charge is 2.42. The molecular formula is C12H12BrFO. The summed E-state index contributed by atoms with van der Waals surface area (Å²) in [5, 5.41) is 0. The lowest BCUT2D eigenvalue weighted by atomic mass is 9.96. The van der Waals surface area contributed by atoms with Crippen molar-refractivity contribution in [3.05, 3.63) is 28.0 Å². The largest absolute Gasteiger partial charge is 0.485 e. The van der Waals surface area contributed by atoms with E-state index in [1.807, 2.05) is 0 Å². The van der Waals surface area contributed by atoms with E-state index in [9.17, 15) is 4.39 Å². The molecule has 0 unspecified atom stereocenters. The molecule has 1 nitrogen and oxygen atoms in total. The van der Waals surface area contributed by atoms with Crippen LogP contribution in [0.4, 0.5) is 4.39 Å². The molecule has 80 valence electrons. The number of halogens is 2. The summed E-state index contributed by atoms with van der Waals surface area (Å²) in [4.78, 5) is 0. The zero-order valence-electron chi connectivity index (χ0n) is 8.35. The van der Waals surface area contributed by atoms with Crippen LogP contribution in [0.1, 0.15) is 31.2 Å². The lowest BCUT2D eigenvalue weighted by Gasteiger charge is -2.22. The summed E-state index contributed by atoms with van der Waals surface area (Å²) in [6, 6.07) is 3.08. The highest BCUT2D eigenvalue weighted by molar-refractivity contribution is 9.10. The van der Waals surface area contributed by atoms with Crippen LogP contribution < -0.4 is 4.74 Å². The van der Waals surface area contributed by atoms with Crippen molar-refractivity contribution in [2.75, 3.05) is 0 Å². The first-order valence-corrected chi connectivity index (χ1v) is 6.15. The minimum absolute atomic E-state index is 0.0152. The van der Waals surface area contributed by atoms with Gasteiger partial charge in [0, 0.05) is 12.0 Å². The number of fused-ring (bicyclic) bond motifs is 1. The number of benzene rings is 1. The lowest BCUT2D eigenvalue weighted by molar-refractivity contribution is 0.102. The molecule has 0 bridgehead atoms. The molecule has 1 aliphatic heterocycles. The van der Waals surface area contributed by atoms with Gasteiger partial charge >= 0.3 is 0 Å². The van der Waals surface area contributed by atoms with E-state index in [0.29, 0.717) is 0 Å². The average molecular weight is 271 g/mol. The van der Waals surface area contributed by atoms with Crippen LogP contribution in [0.5, 0.6) is 5.75 Å². The van der Waals surface area contributed by atoms with Crippen molar-refractivity contribution >= 4 is 15.9 Å². The fraction of sp³-hybridized carbons (Fsp3) is 0.500. The Morgan fingerprint density at radius 1 is 1.27 bits per heavy atom. The molecule has 3 rings (SSSR count). The third-order valence-corrected chi connectivity index (χ3v) is 4.02. The zero-order valence-corrected chi connectivity index (χ0v) is 9.94. The number of hydrogen-bond donors (Lipinski definition) is 0. The summed E-state index contributed by atoms with van der Waals surface area (Å²) in [6.07, 6.45) is 5.55. The van der Waals surface area contributed by atoms with Gasteiger partial charge in [0.05, 0.1) is 4.47 Å². The van der Waals surface area contributed by atoms with Gasteiger partial charge in [0.2, 0.25) is 0 Å². The SMILES string of the molecule is Fc1cc(Br)c2c(c1)CC1(CCCC1)O2. The summed E-state index contributed by atoms with van der Waals surface area (Å²) >= 11 is 3.36. The van der Waals surface area contributed by atoms with Crippen LogP contribution in [-0.2, 0) is 6.42 Å². The second kappa shape index (κ2) is 3.21. The molecular weight excluding hydrogens is 259 g/mol. The van der Waals surface area contributed by atoms with E-state index < -0.39 is 0 Å². The van der Waals surface area contributed by atoms with Gasteiger partial charge < -0.3 is 4.74 Å². The summed E-state index contributed by atoms with van der Waals surface area (Å²) < 4.78 is 20.0. The van der Waals surface area contributed by atoms with Gasteiger partial charge in [-0.3, -0.25) is 0 Å². The maximum Gasteiger partial charge on any atom is 0.137 e. The smallest absolute Gasteiger partial charge is 0.137 e. The minimum Gasteiger partial charge on any atom is -0.485 e. The van der Waals surface area contributed by atoms with Gasteiger partial charge in [0.25, 0.3) is 0 Å². The third-order valence-electron chi connectivity index (χ3n) is 3.43. The molecule has 0 amide bonds. The number of rotatable bonds is 0. The molecule has 0 N–H and O–H groups in total. The Bertz CT molecular complexity index is 410. The third kappa shape index (κ3) is 1.48. The van der Waals surface area contributed by atoms with Crippen LogP contribution in [0, 0.1) is 5.82 Å². The molecule has 1 aromatic rings. The topological polar surface area (TPSA) is 9.23 Å². The average Bonchev–Trinajstić information content (AvgIpc) is 2.74. The number of ether oxygens (including phenoxy) is 1. The quantitative estimate of drug-likeness (QED) is 0.696. The van der Waals surface area contributed by atoms with Crippen LogP contribution in [0.15, 0.2) is 16.6 Å². The highest BCUT2D eigenvalue weighted by atomic mass is 79.9. The standard InChI is InChI=1S/C12H12BrFO/c13-10-6-9(14)5-8-7-12(15-11(8)10)3-1-2-4-12/h5-6H,1-4,7H2. The highest BCUT2D eigenvalue weighted by Crippen LogP contribution is 2.47. The summed E-state index contributed by atoms with van der Waals surface area (Å²) in [5.41, 5.74) is 1.00. The summed E-state index contributed by atoms with van der Waals surface area (Å²) in [7, 11) is 0. The monoisotopic (exact) mass is 270 g/mol. The molecule has 2 aliphatic rings. The minimum atomic E-state index is -0.181.